The molecule has 0 amide bonds. The zero-order chi connectivity index (χ0) is 11.0. The van der Waals surface area contributed by atoms with E-state index in [0.29, 0.717) is 0 Å². The van der Waals surface area contributed by atoms with Crippen molar-refractivity contribution in [3.8, 4) is 0 Å². The quantitative estimate of drug-likeness (QED) is 0.543. The Balaban J connectivity index is 2.86. The SMILES string of the molecule is O=[N+]([O-])c1cccn2ncc([N+](=O)[O-])c12. The van der Waals surface area contributed by atoms with Crippen LogP contribution in [0, 0.1) is 20.2 Å². The van der Waals surface area contributed by atoms with Gasteiger partial charge in [0.2, 0.25) is 5.52 Å². The molecule has 0 aliphatic rings. The van der Waals surface area contributed by atoms with E-state index in [1.54, 1.807) is 0 Å². The second-order valence-corrected chi connectivity index (χ2v) is 2.73. The molecule has 0 fully saturated rings. The molecule has 0 unspecified atom stereocenters. The van der Waals surface area contributed by atoms with Gasteiger partial charge >= 0.3 is 11.4 Å². The highest BCUT2D eigenvalue weighted by Gasteiger charge is 2.24. The molecule has 8 nitrogen and oxygen atoms in total. The van der Waals surface area contributed by atoms with E-state index in [2.05, 4.69) is 5.10 Å². The summed E-state index contributed by atoms with van der Waals surface area (Å²) in [5.41, 5.74) is -0.809. The van der Waals surface area contributed by atoms with Crippen molar-refractivity contribution >= 4 is 16.9 Å². The second-order valence-electron chi connectivity index (χ2n) is 2.73. The lowest BCUT2D eigenvalue weighted by molar-refractivity contribution is -0.390. The summed E-state index contributed by atoms with van der Waals surface area (Å²) < 4.78 is 1.11. The minimum atomic E-state index is -0.699. The highest BCUT2D eigenvalue weighted by molar-refractivity contribution is 5.76. The molecule has 0 atom stereocenters. The fourth-order valence-electron chi connectivity index (χ4n) is 1.29. The van der Waals surface area contributed by atoms with Crippen LogP contribution in [0.2, 0.25) is 0 Å². The molecular weight excluding hydrogens is 204 g/mol. The van der Waals surface area contributed by atoms with Crippen molar-refractivity contribution in [3.63, 3.8) is 0 Å². The zero-order valence-corrected chi connectivity index (χ0v) is 7.23. The first-order valence-electron chi connectivity index (χ1n) is 3.86. The molecule has 0 aliphatic heterocycles. The highest BCUT2D eigenvalue weighted by Crippen LogP contribution is 2.27. The predicted molar refractivity (Wildman–Crippen MR) is 48.5 cm³/mol. The minimum Gasteiger partial charge on any atom is -0.258 e. The van der Waals surface area contributed by atoms with Crippen LogP contribution >= 0.6 is 0 Å². The number of rotatable bonds is 2. The van der Waals surface area contributed by atoms with Gasteiger partial charge in [0.25, 0.3) is 0 Å². The Labute approximate surface area is 82.0 Å². The lowest BCUT2D eigenvalue weighted by Gasteiger charge is -1.94. The molecule has 15 heavy (non-hydrogen) atoms. The summed E-state index contributed by atoms with van der Waals surface area (Å²) in [6.07, 6.45) is 2.40. The van der Waals surface area contributed by atoms with Gasteiger partial charge in [0, 0.05) is 12.3 Å². The molecule has 0 saturated carbocycles. The summed E-state index contributed by atoms with van der Waals surface area (Å²) >= 11 is 0. The second kappa shape index (κ2) is 3.01. The van der Waals surface area contributed by atoms with Crippen molar-refractivity contribution in [3.05, 3.63) is 44.8 Å². The van der Waals surface area contributed by atoms with Crippen LogP contribution in [0.3, 0.4) is 0 Å². The molecule has 0 saturated heterocycles. The number of hydrogen-bond acceptors (Lipinski definition) is 5. The van der Waals surface area contributed by atoms with E-state index in [1.807, 2.05) is 0 Å². The van der Waals surface area contributed by atoms with Crippen LogP contribution in [0.25, 0.3) is 5.52 Å². The van der Waals surface area contributed by atoms with Crippen LogP contribution in [-0.2, 0) is 0 Å². The van der Waals surface area contributed by atoms with Crippen LogP contribution in [0.15, 0.2) is 24.5 Å². The molecule has 0 bridgehead atoms. The normalized spacial score (nSPS) is 10.4. The molecule has 0 radical (unpaired) electrons. The fourth-order valence-corrected chi connectivity index (χ4v) is 1.29. The van der Waals surface area contributed by atoms with Gasteiger partial charge in [-0.2, -0.15) is 5.10 Å². The Kier molecular flexibility index (Phi) is 1.82. The highest BCUT2D eigenvalue weighted by atomic mass is 16.6. The van der Waals surface area contributed by atoms with Gasteiger partial charge in [-0.1, -0.05) is 0 Å². The molecule has 76 valence electrons. The van der Waals surface area contributed by atoms with Crippen molar-refractivity contribution in [2.75, 3.05) is 0 Å². The molecule has 0 spiro atoms. The minimum absolute atomic E-state index is 0.104. The van der Waals surface area contributed by atoms with Crippen LogP contribution in [-0.4, -0.2) is 19.5 Å². The first-order valence-corrected chi connectivity index (χ1v) is 3.86. The van der Waals surface area contributed by atoms with Crippen LogP contribution < -0.4 is 0 Å². The average Bonchev–Trinajstić information content (AvgIpc) is 2.60. The van der Waals surface area contributed by atoms with Gasteiger partial charge < -0.3 is 0 Å². The van der Waals surface area contributed by atoms with Gasteiger partial charge in [0.15, 0.2) is 0 Å². The van der Waals surface area contributed by atoms with Gasteiger partial charge in [-0.25, -0.2) is 4.52 Å². The topological polar surface area (TPSA) is 104 Å². The number of nitro groups is 2. The summed E-state index contributed by atoms with van der Waals surface area (Å²) in [5, 5.41) is 24.9. The van der Waals surface area contributed by atoms with Crippen LogP contribution in [0.5, 0.6) is 0 Å². The number of nitrogens with zero attached hydrogens (tertiary/aromatic N) is 4. The Hall–Kier alpha value is -2.51. The maximum atomic E-state index is 10.6. The Morgan fingerprint density at radius 3 is 2.47 bits per heavy atom. The molecule has 8 heteroatoms. The van der Waals surface area contributed by atoms with Crippen molar-refractivity contribution < 1.29 is 9.85 Å². The largest absolute Gasteiger partial charge is 0.321 e. The van der Waals surface area contributed by atoms with Gasteiger partial charge in [0.1, 0.15) is 6.20 Å². The maximum absolute atomic E-state index is 10.6. The molecule has 2 aromatic rings. The summed E-state index contributed by atoms with van der Waals surface area (Å²) in [5.74, 6) is 0. The first kappa shape index (κ1) is 9.06. The lowest BCUT2D eigenvalue weighted by atomic mass is 10.3. The van der Waals surface area contributed by atoms with Crippen molar-refractivity contribution in [1.82, 2.24) is 9.61 Å². The third-order valence-electron chi connectivity index (χ3n) is 1.89. The van der Waals surface area contributed by atoms with Crippen LogP contribution in [0.1, 0.15) is 0 Å². The van der Waals surface area contributed by atoms with Crippen molar-refractivity contribution in [2.45, 2.75) is 0 Å². The molecule has 0 aromatic carbocycles. The smallest absolute Gasteiger partial charge is 0.258 e. The monoisotopic (exact) mass is 208 g/mol. The predicted octanol–water partition coefficient (Wildman–Crippen LogP) is 1.15. The summed E-state index contributed by atoms with van der Waals surface area (Å²) in [6.45, 7) is 0. The molecule has 2 rings (SSSR count). The third-order valence-corrected chi connectivity index (χ3v) is 1.89. The van der Waals surface area contributed by atoms with E-state index in [1.165, 1.54) is 18.3 Å². The maximum Gasteiger partial charge on any atom is 0.321 e. The molecule has 2 heterocycles. The van der Waals surface area contributed by atoms with E-state index >= 15 is 0 Å². The zero-order valence-electron chi connectivity index (χ0n) is 7.23. The van der Waals surface area contributed by atoms with Crippen LogP contribution in [0.4, 0.5) is 11.4 Å². The number of aromatic nitrogens is 2. The van der Waals surface area contributed by atoms with E-state index in [4.69, 9.17) is 0 Å². The number of fused-ring (bicyclic) bond motifs is 1. The van der Waals surface area contributed by atoms with Gasteiger partial charge in [0.05, 0.1) is 9.85 Å². The Morgan fingerprint density at radius 2 is 1.87 bits per heavy atom. The molecule has 0 aliphatic carbocycles. The molecule has 0 N–H and O–H groups in total. The average molecular weight is 208 g/mol. The fraction of sp³-hybridized carbons (Fsp3) is 0. The van der Waals surface area contributed by atoms with Crippen molar-refractivity contribution in [1.29, 1.82) is 0 Å². The lowest BCUT2D eigenvalue weighted by Crippen LogP contribution is -1.95. The van der Waals surface area contributed by atoms with Gasteiger partial charge in [-0.15, -0.1) is 0 Å². The van der Waals surface area contributed by atoms with Gasteiger partial charge in [-0.3, -0.25) is 20.2 Å². The van der Waals surface area contributed by atoms with E-state index in [-0.39, 0.29) is 16.9 Å². The summed E-state index contributed by atoms with van der Waals surface area (Å²) in [4.78, 5) is 19.8. The standard InChI is InChI=1S/C7H4N4O4/c12-10(13)5-2-1-3-9-7(5)6(4-8-9)11(14)15/h1-4H. The third kappa shape index (κ3) is 1.27. The molecular formula is C7H4N4O4. The van der Waals surface area contributed by atoms with E-state index in [0.717, 1.165) is 10.7 Å². The Bertz CT molecular complexity index is 561. The summed E-state index contributed by atoms with van der Waals surface area (Å²) in [6, 6.07) is 2.60. The first-order chi connectivity index (χ1) is 7.11. The number of pyridine rings is 1. The molecule has 2 aromatic heterocycles. The van der Waals surface area contributed by atoms with Crippen molar-refractivity contribution in [2.24, 2.45) is 0 Å². The van der Waals surface area contributed by atoms with E-state index in [9.17, 15) is 20.2 Å². The number of hydrogen-bond donors (Lipinski definition) is 0. The summed E-state index contributed by atoms with van der Waals surface area (Å²) in [7, 11) is 0. The van der Waals surface area contributed by atoms with E-state index < -0.39 is 9.85 Å². The Morgan fingerprint density at radius 1 is 1.20 bits per heavy atom. The van der Waals surface area contributed by atoms with Gasteiger partial charge in [-0.05, 0) is 6.07 Å².